The maximum absolute atomic E-state index is 14.0. The average molecular weight is 499 g/mol. The molecule has 1 saturated heterocycles. The van der Waals surface area contributed by atoms with E-state index in [-0.39, 0.29) is 24.6 Å². The van der Waals surface area contributed by atoms with E-state index in [9.17, 15) is 18.7 Å². The maximum Gasteiger partial charge on any atom is 0.354 e. The lowest BCUT2D eigenvalue weighted by molar-refractivity contribution is -0.186. The molecule has 0 radical (unpaired) electrons. The number of alkyl halides is 2. The number of pyridine rings is 1. The van der Waals surface area contributed by atoms with Gasteiger partial charge >= 0.3 is 5.97 Å². The van der Waals surface area contributed by atoms with Crippen LogP contribution in [0.4, 0.5) is 14.6 Å². The molecule has 1 atom stereocenters. The average Bonchev–Trinajstić information content (AvgIpc) is 3.30. The molecule has 1 aromatic carbocycles. The van der Waals surface area contributed by atoms with E-state index in [1.54, 1.807) is 18.1 Å². The number of hydrogen-bond donors (Lipinski definition) is 2. The summed E-state index contributed by atoms with van der Waals surface area (Å²) in [6, 6.07) is 7.19. The molecule has 192 valence electrons. The molecular formula is C27H32F2N4O3. The highest BCUT2D eigenvalue weighted by Crippen LogP contribution is 2.61. The number of fused-ring (bicyclic) bond motifs is 1. The number of nitrogens with one attached hydrogen (secondary N) is 1. The van der Waals surface area contributed by atoms with E-state index in [1.165, 1.54) is 6.07 Å². The second-order valence-electron chi connectivity index (χ2n) is 10.6. The van der Waals surface area contributed by atoms with Crippen molar-refractivity contribution in [3.8, 4) is 5.75 Å². The number of benzene rings is 1. The van der Waals surface area contributed by atoms with Crippen LogP contribution in [-0.4, -0.2) is 59.6 Å². The molecule has 7 nitrogen and oxygen atoms in total. The fraction of sp³-hybridized carbons (Fsp3) is 0.481. The van der Waals surface area contributed by atoms with Gasteiger partial charge in [0.1, 0.15) is 11.6 Å². The predicted octanol–water partition coefficient (Wildman–Crippen LogP) is 5.40. The predicted molar refractivity (Wildman–Crippen MR) is 134 cm³/mol. The fourth-order valence-electron chi connectivity index (χ4n) is 6.22. The van der Waals surface area contributed by atoms with Gasteiger partial charge in [-0.15, -0.1) is 0 Å². The van der Waals surface area contributed by atoms with Gasteiger partial charge in [-0.2, -0.15) is 0 Å². The normalized spacial score (nSPS) is 20.9. The van der Waals surface area contributed by atoms with Gasteiger partial charge in [0, 0.05) is 67.8 Å². The Morgan fingerprint density at radius 3 is 2.69 bits per heavy atom. The van der Waals surface area contributed by atoms with Crippen molar-refractivity contribution in [2.75, 3.05) is 32.6 Å². The molecule has 9 heteroatoms. The molecular weight excluding hydrogens is 466 g/mol. The molecule has 1 spiro atoms. The highest BCUT2D eigenvalue weighted by molar-refractivity contribution is 5.88. The minimum absolute atomic E-state index is 0.0380. The Kier molecular flexibility index (Phi) is 5.94. The minimum atomic E-state index is -2.61. The number of rotatable bonds is 6. The minimum Gasteiger partial charge on any atom is -0.496 e. The van der Waals surface area contributed by atoms with Gasteiger partial charge in [-0.3, -0.25) is 4.90 Å². The molecule has 2 aromatic heterocycles. The summed E-state index contributed by atoms with van der Waals surface area (Å²) in [7, 11) is 5.31. The van der Waals surface area contributed by atoms with Crippen LogP contribution in [0.5, 0.6) is 5.75 Å². The van der Waals surface area contributed by atoms with Crippen molar-refractivity contribution >= 4 is 22.7 Å². The number of hydrogen-bond acceptors (Lipinski definition) is 5. The van der Waals surface area contributed by atoms with Crippen molar-refractivity contribution in [3.63, 3.8) is 0 Å². The van der Waals surface area contributed by atoms with Crippen LogP contribution in [0.3, 0.4) is 0 Å². The van der Waals surface area contributed by atoms with E-state index >= 15 is 0 Å². The summed E-state index contributed by atoms with van der Waals surface area (Å²) >= 11 is 0. The van der Waals surface area contributed by atoms with Crippen LogP contribution in [0.1, 0.15) is 58.9 Å². The van der Waals surface area contributed by atoms with Gasteiger partial charge in [0.25, 0.3) is 0 Å². The molecule has 1 aliphatic carbocycles. The molecule has 1 unspecified atom stereocenters. The van der Waals surface area contributed by atoms with Crippen LogP contribution < -0.4 is 9.64 Å². The lowest BCUT2D eigenvalue weighted by Crippen LogP contribution is -2.53. The molecule has 5 rings (SSSR count). The topological polar surface area (TPSA) is 81.7 Å². The highest BCUT2D eigenvalue weighted by Gasteiger charge is 2.58. The van der Waals surface area contributed by atoms with Crippen molar-refractivity contribution in [2.24, 2.45) is 5.41 Å². The number of anilines is 1. The second-order valence-corrected chi connectivity index (χ2v) is 10.6. The van der Waals surface area contributed by atoms with Crippen LogP contribution in [0, 0.1) is 12.3 Å². The van der Waals surface area contributed by atoms with Gasteiger partial charge in [0.2, 0.25) is 5.92 Å². The molecule has 0 bridgehead atoms. The molecule has 36 heavy (non-hydrogen) atoms. The van der Waals surface area contributed by atoms with Crippen LogP contribution in [0.2, 0.25) is 0 Å². The first-order valence-electron chi connectivity index (χ1n) is 12.2. The molecule has 2 aliphatic rings. The Bertz CT molecular complexity index is 1310. The summed E-state index contributed by atoms with van der Waals surface area (Å²) in [5.41, 5.74) is 3.58. The number of ether oxygens (including phenoxy) is 1. The first kappa shape index (κ1) is 24.5. The van der Waals surface area contributed by atoms with Crippen LogP contribution in [-0.2, 0) is 6.54 Å². The van der Waals surface area contributed by atoms with E-state index in [4.69, 9.17) is 4.74 Å². The smallest absolute Gasteiger partial charge is 0.354 e. The van der Waals surface area contributed by atoms with Crippen molar-refractivity contribution in [1.29, 1.82) is 0 Å². The number of likely N-dealkylation sites (tertiary alicyclic amines) is 1. The number of piperidine rings is 1. The highest BCUT2D eigenvalue weighted by atomic mass is 19.3. The summed E-state index contributed by atoms with van der Waals surface area (Å²) in [6.07, 6.45) is 2.98. The number of methoxy groups -OCH3 is 1. The van der Waals surface area contributed by atoms with Crippen molar-refractivity contribution in [1.82, 2.24) is 14.9 Å². The summed E-state index contributed by atoms with van der Waals surface area (Å²) in [4.78, 5) is 23.4. The summed E-state index contributed by atoms with van der Waals surface area (Å²) in [5, 5.41) is 10.6. The quantitative estimate of drug-likeness (QED) is 0.474. The number of H-pyrrole nitrogens is 1. The Labute approximate surface area is 209 Å². The van der Waals surface area contributed by atoms with Gasteiger partial charge in [0.05, 0.1) is 7.11 Å². The number of nitrogens with zero attached hydrogens (tertiary/aromatic N) is 3. The van der Waals surface area contributed by atoms with Gasteiger partial charge in [0.15, 0.2) is 5.69 Å². The third kappa shape index (κ3) is 4.19. The standard InChI is InChI=1S/C27H32F2N4O3/c1-16-11-22(36-4)19(17-7-9-30-23(16)17)13-33-10-8-26(14-27(28,29)15-26)12-21(33)18-5-6-20(25(34)35)31-24(18)32(2)3/h5-7,9,11,21,30H,8,10,12-15H2,1-4H3,(H,34,35). The molecule has 1 aliphatic heterocycles. The van der Waals surface area contributed by atoms with Gasteiger partial charge in [-0.1, -0.05) is 6.07 Å². The maximum atomic E-state index is 14.0. The third-order valence-electron chi connectivity index (χ3n) is 7.86. The van der Waals surface area contributed by atoms with E-state index in [0.717, 1.165) is 33.3 Å². The SMILES string of the molecule is COc1cc(C)c2[nH]ccc2c1CN1CCC2(CC1c1ccc(C(=O)O)nc1N(C)C)CC(F)(F)C2. The van der Waals surface area contributed by atoms with Crippen LogP contribution in [0.25, 0.3) is 10.9 Å². The summed E-state index contributed by atoms with van der Waals surface area (Å²) < 4.78 is 33.9. The molecule has 2 N–H and O–H groups in total. The molecule has 3 heterocycles. The lowest BCUT2D eigenvalue weighted by Gasteiger charge is -2.55. The lowest BCUT2D eigenvalue weighted by atomic mass is 9.59. The number of halogens is 2. The Balaban J connectivity index is 1.58. The zero-order valence-electron chi connectivity index (χ0n) is 21.1. The Morgan fingerprint density at radius 2 is 2.06 bits per heavy atom. The van der Waals surface area contributed by atoms with Gasteiger partial charge in [-0.05, 0) is 55.5 Å². The molecule has 3 aromatic rings. The van der Waals surface area contributed by atoms with Crippen molar-refractivity contribution in [3.05, 3.63) is 52.8 Å². The number of carbonyl (C=O) groups is 1. The molecule has 2 fully saturated rings. The zero-order chi connectivity index (χ0) is 25.8. The summed E-state index contributed by atoms with van der Waals surface area (Å²) in [6.45, 7) is 3.26. The van der Waals surface area contributed by atoms with Gasteiger partial charge < -0.3 is 19.7 Å². The second kappa shape index (κ2) is 8.73. The van der Waals surface area contributed by atoms with Crippen LogP contribution in [0.15, 0.2) is 30.5 Å². The number of aryl methyl sites for hydroxylation is 1. The zero-order valence-corrected chi connectivity index (χ0v) is 21.1. The fourth-order valence-corrected chi connectivity index (χ4v) is 6.22. The van der Waals surface area contributed by atoms with Crippen LogP contribution >= 0.6 is 0 Å². The number of aromatic nitrogens is 2. The number of aromatic amines is 1. The van der Waals surface area contributed by atoms with E-state index < -0.39 is 17.3 Å². The Hall–Kier alpha value is -3.20. The number of carboxylic acid groups (broad SMARTS) is 1. The van der Waals surface area contributed by atoms with E-state index in [1.807, 2.05) is 39.3 Å². The monoisotopic (exact) mass is 498 g/mol. The first-order valence-corrected chi connectivity index (χ1v) is 12.2. The molecule has 0 amide bonds. The largest absolute Gasteiger partial charge is 0.496 e. The third-order valence-corrected chi connectivity index (χ3v) is 7.86. The first-order chi connectivity index (χ1) is 17.0. The molecule has 1 saturated carbocycles. The van der Waals surface area contributed by atoms with Crippen molar-refractivity contribution < 1.29 is 23.4 Å². The van der Waals surface area contributed by atoms with Crippen molar-refractivity contribution in [2.45, 2.75) is 51.1 Å². The van der Waals surface area contributed by atoms with E-state index in [2.05, 4.69) is 14.9 Å². The van der Waals surface area contributed by atoms with E-state index in [0.29, 0.717) is 31.7 Å². The summed E-state index contributed by atoms with van der Waals surface area (Å²) in [5.74, 6) is -2.36. The van der Waals surface area contributed by atoms with Gasteiger partial charge in [-0.25, -0.2) is 18.6 Å². The number of carboxylic acids is 1. The Morgan fingerprint density at radius 1 is 1.31 bits per heavy atom. The number of aromatic carboxylic acids is 1.